The van der Waals surface area contributed by atoms with Crippen LogP contribution in [0.25, 0.3) is 10.9 Å². The largest absolute Gasteiger partial charge is 0.481 e. The number of carboxylic acid groups (broad SMARTS) is 2. The number of benzene rings is 2. The summed E-state index contributed by atoms with van der Waals surface area (Å²) in [7, 11) is 0. The van der Waals surface area contributed by atoms with Crippen molar-refractivity contribution in [3.63, 3.8) is 0 Å². The molecule has 0 aliphatic rings. The van der Waals surface area contributed by atoms with Gasteiger partial charge in [-0.1, -0.05) is 12.0 Å². The second-order valence-corrected chi connectivity index (χ2v) is 8.12. The Balaban J connectivity index is 1.88. The molecule has 1 amide bonds. The summed E-state index contributed by atoms with van der Waals surface area (Å²) in [6.45, 7) is 1.49. The second kappa shape index (κ2) is 11.3. The number of aryl methyl sites for hydroxylation is 1. The van der Waals surface area contributed by atoms with E-state index in [0.29, 0.717) is 22.3 Å². The molecule has 4 N–H and O–H groups in total. The van der Waals surface area contributed by atoms with E-state index in [1.165, 1.54) is 4.90 Å². The second-order valence-electron chi connectivity index (χ2n) is 8.12. The van der Waals surface area contributed by atoms with Crippen LogP contribution in [-0.2, 0) is 16.1 Å². The number of H-pyrrole nitrogens is 1. The molecule has 0 fully saturated rings. The van der Waals surface area contributed by atoms with E-state index in [0.717, 1.165) is 12.1 Å². The average Bonchev–Trinajstić information content (AvgIpc) is 2.83. The standard InChI is InChI=1S/C25H22F2N4O6/c1-3-10-31(12-14-4-6-17-16(11-14)24(35)29-13(2)28-17)19-8-5-15(21(26)22(19)27)23(34)30-18(25(36)37)7-9-20(32)33/h1,4-6,8,11,18H,7,9-10,12H2,2H3,(H,30,34)(H,32,33)(H,36,37)(H,28,29,35)/t18-/m0/s1. The Kier molecular flexibility index (Phi) is 8.19. The monoisotopic (exact) mass is 512 g/mol. The molecule has 2 aromatic carbocycles. The molecular formula is C25H22F2N4O6. The fourth-order valence-electron chi connectivity index (χ4n) is 3.68. The number of rotatable bonds is 10. The number of carbonyl (C=O) groups is 3. The lowest BCUT2D eigenvalue weighted by Crippen LogP contribution is -2.41. The topological polar surface area (TPSA) is 153 Å². The van der Waals surface area contributed by atoms with Crippen LogP contribution in [0.4, 0.5) is 14.5 Å². The number of halogens is 2. The van der Waals surface area contributed by atoms with Crippen molar-refractivity contribution < 1.29 is 33.4 Å². The third-order valence-corrected chi connectivity index (χ3v) is 5.44. The van der Waals surface area contributed by atoms with Crippen LogP contribution < -0.4 is 15.8 Å². The van der Waals surface area contributed by atoms with Crippen molar-refractivity contribution in [1.29, 1.82) is 0 Å². The number of anilines is 1. The van der Waals surface area contributed by atoms with Crippen molar-refractivity contribution in [2.75, 3.05) is 11.4 Å². The van der Waals surface area contributed by atoms with Gasteiger partial charge in [0.15, 0.2) is 11.6 Å². The number of aromatic amines is 1. The van der Waals surface area contributed by atoms with Crippen LogP contribution in [0.2, 0.25) is 0 Å². The summed E-state index contributed by atoms with van der Waals surface area (Å²) in [6, 6.07) is 5.32. The molecule has 0 bridgehead atoms. The van der Waals surface area contributed by atoms with Crippen LogP contribution in [0.3, 0.4) is 0 Å². The molecule has 1 atom stereocenters. The number of amides is 1. The summed E-state index contributed by atoms with van der Waals surface area (Å²) >= 11 is 0. The molecular weight excluding hydrogens is 490 g/mol. The summed E-state index contributed by atoms with van der Waals surface area (Å²) in [4.78, 5) is 54.9. The third kappa shape index (κ3) is 6.26. The van der Waals surface area contributed by atoms with Crippen molar-refractivity contribution in [3.05, 3.63) is 69.3 Å². The van der Waals surface area contributed by atoms with Crippen molar-refractivity contribution >= 4 is 34.4 Å². The predicted molar refractivity (Wildman–Crippen MR) is 129 cm³/mol. The Morgan fingerprint density at radius 1 is 1.19 bits per heavy atom. The fraction of sp³-hybridized carbons (Fsp3) is 0.240. The molecule has 192 valence electrons. The lowest BCUT2D eigenvalue weighted by atomic mass is 10.1. The molecule has 37 heavy (non-hydrogen) atoms. The molecule has 1 heterocycles. The lowest BCUT2D eigenvalue weighted by Gasteiger charge is -2.24. The van der Waals surface area contributed by atoms with E-state index in [-0.39, 0.29) is 24.3 Å². The molecule has 1 aromatic heterocycles. The van der Waals surface area contributed by atoms with E-state index >= 15 is 4.39 Å². The molecule has 12 heteroatoms. The summed E-state index contributed by atoms with van der Waals surface area (Å²) in [5, 5.41) is 20.2. The third-order valence-electron chi connectivity index (χ3n) is 5.44. The summed E-state index contributed by atoms with van der Waals surface area (Å²) < 4.78 is 30.0. The molecule has 0 radical (unpaired) electrons. The summed E-state index contributed by atoms with van der Waals surface area (Å²) in [6.07, 6.45) is 4.42. The smallest absolute Gasteiger partial charge is 0.326 e. The number of terminal acetylenes is 1. The van der Waals surface area contributed by atoms with Gasteiger partial charge in [-0.25, -0.2) is 18.6 Å². The van der Waals surface area contributed by atoms with Gasteiger partial charge < -0.3 is 25.4 Å². The van der Waals surface area contributed by atoms with Crippen molar-refractivity contribution in [2.45, 2.75) is 32.4 Å². The zero-order valence-electron chi connectivity index (χ0n) is 19.5. The average molecular weight is 512 g/mol. The molecule has 10 nitrogen and oxygen atoms in total. The van der Waals surface area contributed by atoms with E-state index in [1.54, 1.807) is 25.1 Å². The van der Waals surface area contributed by atoms with Gasteiger partial charge >= 0.3 is 11.9 Å². The Labute approximate surface area is 208 Å². The molecule has 0 spiro atoms. The molecule has 0 saturated heterocycles. The minimum atomic E-state index is -1.61. The maximum Gasteiger partial charge on any atom is 0.326 e. The first-order valence-electron chi connectivity index (χ1n) is 10.9. The number of carboxylic acids is 2. The maximum absolute atomic E-state index is 15.1. The van der Waals surface area contributed by atoms with Crippen molar-refractivity contribution in [2.24, 2.45) is 0 Å². The molecule has 0 saturated carbocycles. The Morgan fingerprint density at radius 3 is 2.57 bits per heavy atom. The number of nitrogens with one attached hydrogen (secondary N) is 2. The fourth-order valence-corrected chi connectivity index (χ4v) is 3.68. The lowest BCUT2D eigenvalue weighted by molar-refractivity contribution is -0.140. The number of hydrogen-bond acceptors (Lipinski definition) is 6. The number of aliphatic carboxylic acids is 2. The minimum absolute atomic E-state index is 0.00830. The Bertz CT molecular complexity index is 1480. The highest BCUT2D eigenvalue weighted by molar-refractivity contribution is 5.97. The van der Waals surface area contributed by atoms with E-state index in [1.807, 2.05) is 5.32 Å². The van der Waals surface area contributed by atoms with Crippen LogP contribution >= 0.6 is 0 Å². The number of carbonyl (C=O) groups excluding carboxylic acids is 1. The van der Waals surface area contributed by atoms with Gasteiger partial charge in [0.1, 0.15) is 11.9 Å². The highest BCUT2D eigenvalue weighted by Crippen LogP contribution is 2.26. The molecule has 3 aromatic rings. The maximum atomic E-state index is 15.1. The Morgan fingerprint density at radius 2 is 1.92 bits per heavy atom. The van der Waals surface area contributed by atoms with E-state index < -0.39 is 53.9 Å². The van der Waals surface area contributed by atoms with Crippen LogP contribution in [0.15, 0.2) is 35.1 Å². The predicted octanol–water partition coefficient (Wildman–Crippen LogP) is 2.20. The van der Waals surface area contributed by atoms with Crippen molar-refractivity contribution in [1.82, 2.24) is 15.3 Å². The highest BCUT2D eigenvalue weighted by atomic mass is 19.2. The van der Waals surface area contributed by atoms with Gasteiger partial charge in [-0.3, -0.25) is 14.4 Å². The summed E-state index contributed by atoms with van der Waals surface area (Å²) in [5.41, 5.74) is -0.360. The Hall–Kier alpha value is -4.79. The van der Waals surface area contributed by atoms with Crippen LogP contribution in [0, 0.1) is 30.9 Å². The summed E-state index contributed by atoms with van der Waals surface area (Å²) in [5.74, 6) is -4.15. The van der Waals surface area contributed by atoms with Gasteiger partial charge in [-0.05, 0) is 43.2 Å². The zero-order valence-corrected chi connectivity index (χ0v) is 19.5. The minimum Gasteiger partial charge on any atom is -0.481 e. The van der Waals surface area contributed by atoms with Gasteiger partial charge in [0.2, 0.25) is 0 Å². The van der Waals surface area contributed by atoms with Crippen LogP contribution in [-0.4, -0.2) is 50.6 Å². The van der Waals surface area contributed by atoms with Gasteiger partial charge in [0, 0.05) is 13.0 Å². The van der Waals surface area contributed by atoms with E-state index in [4.69, 9.17) is 11.5 Å². The van der Waals surface area contributed by atoms with Crippen molar-refractivity contribution in [3.8, 4) is 12.3 Å². The van der Waals surface area contributed by atoms with Gasteiger partial charge in [0.05, 0.1) is 28.7 Å². The molecule has 0 aliphatic carbocycles. The first-order chi connectivity index (χ1) is 17.5. The first kappa shape index (κ1) is 26.8. The van der Waals surface area contributed by atoms with Gasteiger partial charge in [0.25, 0.3) is 11.5 Å². The first-order valence-corrected chi connectivity index (χ1v) is 10.9. The van der Waals surface area contributed by atoms with E-state index in [9.17, 15) is 28.7 Å². The number of nitrogens with zero attached hydrogens (tertiary/aromatic N) is 2. The number of fused-ring (bicyclic) bond motifs is 1. The van der Waals surface area contributed by atoms with Crippen LogP contribution in [0.1, 0.15) is 34.6 Å². The van der Waals surface area contributed by atoms with Crippen LogP contribution in [0.5, 0.6) is 0 Å². The highest BCUT2D eigenvalue weighted by Gasteiger charge is 2.26. The van der Waals surface area contributed by atoms with Gasteiger partial charge in [-0.15, -0.1) is 6.42 Å². The van der Waals surface area contributed by atoms with Gasteiger partial charge in [-0.2, -0.15) is 0 Å². The SMILES string of the molecule is C#CCN(Cc1ccc2nc(C)[nH]c(=O)c2c1)c1ccc(C(=O)N[C@@H](CCC(=O)O)C(=O)O)c(F)c1F. The normalized spacial score (nSPS) is 11.5. The van der Waals surface area contributed by atoms with E-state index in [2.05, 4.69) is 15.9 Å². The molecule has 0 aliphatic heterocycles. The zero-order chi connectivity index (χ0) is 27.3. The molecule has 3 rings (SSSR count). The number of hydrogen-bond donors (Lipinski definition) is 4. The molecule has 0 unspecified atom stereocenters. The quantitative estimate of drug-likeness (QED) is 0.302. The number of aromatic nitrogens is 2.